The van der Waals surface area contributed by atoms with E-state index in [-0.39, 0.29) is 24.0 Å². The van der Waals surface area contributed by atoms with E-state index in [4.69, 9.17) is 0 Å². The number of nitrogens with one attached hydrogen (secondary N) is 3. The Morgan fingerprint density at radius 2 is 1.63 bits per heavy atom. The van der Waals surface area contributed by atoms with Crippen LogP contribution >= 0.6 is 0 Å². The lowest BCUT2D eigenvalue weighted by Crippen LogP contribution is -2.57. The molecule has 1 atom stereocenters. The highest BCUT2D eigenvalue weighted by molar-refractivity contribution is 5.92. The quantitative estimate of drug-likeness (QED) is 0.381. The topological polar surface area (TPSA) is 130 Å². The van der Waals surface area contributed by atoms with Crippen LogP contribution in [-0.4, -0.2) is 110 Å². The van der Waals surface area contributed by atoms with Crippen LogP contribution in [0.2, 0.25) is 0 Å². The van der Waals surface area contributed by atoms with E-state index in [9.17, 15) is 14.4 Å². The highest BCUT2D eigenvalue weighted by Crippen LogP contribution is 2.28. The van der Waals surface area contributed by atoms with Crippen LogP contribution < -0.4 is 10.6 Å². The number of urea groups is 2. The summed E-state index contributed by atoms with van der Waals surface area (Å²) in [5.74, 6) is -0.0260. The molecule has 0 radical (unpaired) electrons. The minimum absolute atomic E-state index is 0.0260. The Balaban J connectivity index is 1.01. The molecule has 3 aromatic rings. The maximum absolute atomic E-state index is 14.1. The number of likely N-dealkylation sites (tertiary alicyclic amines) is 3. The summed E-state index contributed by atoms with van der Waals surface area (Å²) in [6.45, 7) is 7.34. The minimum atomic E-state index is -0.690. The van der Waals surface area contributed by atoms with Crippen molar-refractivity contribution in [3.8, 4) is 0 Å². The monoisotopic (exact) mass is 627 g/mol. The average Bonchev–Trinajstić information content (AvgIpc) is 3.57. The fraction of sp³-hybridized carbons (Fsp3) is 0.559. The Hall–Kier alpha value is -4.19. The predicted molar refractivity (Wildman–Crippen MR) is 175 cm³/mol. The fourth-order valence-corrected chi connectivity index (χ4v) is 7.84. The van der Waals surface area contributed by atoms with Crippen molar-refractivity contribution in [3.63, 3.8) is 0 Å². The molecule has 0 spiro atoms. The number of anilines is 1. The van der Waals surface area contributed by atoms with E-state index >= 15 is 0 Å². The van der Waals surface area contributed by atoms with Crippen LogP contribution in [0.3, 0.4) is 0 Å². The van der Waals surface area contributed by atoms with Gasteiger partial charge in [-0.15, -0.1) is 0 Å². The predicted octanol–water partition coefficient (Wildman–Crippen LogP) is 3.88. The number of aromatic amines is 1. The first-order valence-electron chi connectivity index (χ1n) is 17.0. The zero-order chi connectivity index (χ0) is 31.6. The number of aryl methyl sites for hydroxylation is 1. The summed E-state index contributed by atoms with van der Waals surface area (Å²) in [6.07, 6.45) is 7.54. The van der Waals surface area contributed by atoms with Gasteiger partial charge in [0, 0.05) is 56.9 Å². The average molecular weight is 628 g/mol. The summed E-state index contributed by atoms with van der Waals surface area (Å²) in [5.41, 5.74) is 5.45. The van der Waals surface area contributed by atoms with E-state index in [0.29, 0.717) is 58.0 Å². The van der Waals surface area contributed by atoms with Crippen molar-refractivity contribution >= 4 is 34.7 Å². The van der Waals surface area contributed by atoms with Gasteiger partial charge in [-0.25, -0.2) is 9.59 Å². The molecule has 3 N–H and O–H groups in total. The van der Waals surface area contributed by atoms with Gasteiger partial charge in [0.1, 0.15) is 17.1 Å². The molecule has 1 aromatic heterocycles. The van der Waals surface area contributed by atoms with Crippen molar-refractivity contribution in [2.24, 2.45) is 0 Å². The molecular weight excluding hydrogens is 582 g/mol. The number of hydrogen-bond acceptors (Lipinski definition) is 6. The Morgan fingerprint density at radius 3 is 2.41 bits per heavy atom. The number of para-hydroxylation sites is 1. The molecule has 7 rings (SSSR count). The lowest BCUT2D eigenvalue weighted by Gasteiger charge is -2.42. The number of aromatic nitrogens is 3. The lowest BCUT2D eigenvalue weighted by molar-refractivity contribution is -0.134. The van der Waals surface area contributed by atoms with Gasteiger partial charge in [0.05, 0.1) is 0 Å². The minimum Gasteiger partial charge on any atom is -0.341 e. The number of benzene rings is 2. The van der Waals surface area contributed by atoms with Gasteiger partial charge in [0.2, 0.25) is 5.91 Å². The van der Waals surface area contributed by atoms with Crippen LogP contribution in [0.1, 0.15) is 61.6 Å². The number of carbonyl (C=O) groups excluding carboxylic acids is 3. The van der Waals surface area contributed by atoms with E-state index in [0.717, 1.165) is 59.3 Å². The first kappa shape index (κ1) is 30.5. The summed E-state index contributed by atoms with van der Waals surface area (Å²) >= 11 is 0. The van der Waals surface area contributed by atoms with E-state index < -0.39 is 6.04 Å². The number of fused-ring (bicyclic) bond motifs is 2. The number of hydrogen-bond donors (Lipinski definition) is 3. The normalized spacial score (nSPS) is 20.8. The van der Waals surface area contributed by atoms with Crippen LogP contribution in [0, 0.1) is 6.92 Å². The SMILES string of the molecule is Cc1cc(C[C@@H](NC(=O)N2CCC(N3Cc4ccccc4NC3=O)CC2)C(=O)N2CCC(N3CCCCC3)CC2)cc2n[nH]nc12. The highest BCUT2D eigenvalue weighted by Gasteiger charge is 2.35. The second-order valence-corrected chi connectivity index (χ2v) is 13.4. The van der Waals surface area contributed by atoms with Crippen LogP contribution in [0.5, 0.6) is 0 Å². The van der Waals surface area contributed by atoms with Crippen LogP contribution in [0.4, 0.5) is 15.3 Å². The molecule has 0 bridgehead atoms. The van der Waals surface area contributed by atoms with E-state index in [1.807, 2.05) is 53.1 Å². The molecule has 3 saturated heterocycles. The van der Waals surface area contributed by atoms with Gasteiger partial charge in [0.25, 0.3) is 0 Å². The standard InChI is InChI=1S/C34H45N9O3/c1-23-19-24(20-29-31(23)38-39-37-29)21-30(32(44)41-15-9-26(10-16-41)40-13-5-2-6-14-40)36-33(45)42-17-11-27(12-18-42)43-22-25-7-3-4-8-28(25)35-34(43)46/h3-4,7-8,19-20,26-27,30H,2,5-6,9-18,21-22H2,1H3,(H,35,46)(H,36,45)(H,37,38,39)/t30-/m1/s1. The van der Waals surface area contributed by atoms with Crippen molar-refractivity contribution in [2.75, 3.05) is 44.6 Å². The third-order valence-electron chi connectivity index (χ3n) is 10.4. The number of rotatable bonds is 6. The van der Waals surface area contributed by atoms with Crippen molar-refractivity contribution < 1.29 is 14.4 Å². The Kier molecular flexibility index (Phi) is 8.79. The van der Waals surface area contributed by atoms with Gasteiger partial charge < -0.3 is 30.2 Å². The third-order valence-corrected chi connectivity index (χ3v) is 10.4. The molecule has 4 aliphatic rings. The maximum Gasteiger partial charge on any atom is 0.322 e. The van der Waals surface area contributed by atoms with E-state index in [1.165, 1.54) is 19.3 Å². The van der Waals surface area contributed by atoms with Gasteiger partial charge >= 0.3 is 12.1 Å². The summed E-state index contributed by atoms with van der Waals surface area (Å²) in [4.78, 5) is 48.9. The lowest BCUT2D eigenvalue weighted by atomic mass is 9.97. The molecule has 0 aliphatic carbocycles. The smallest absolute Gasteiger partial charge is 0.322 e. The molecule has 5 heterocycles. The largest absolute Gasteiger partial charge is 0.341 e. The molecule has 4 aliphatic heterocycles. The van der Waals surface area contributed by atoms with E-state index in [1.54, 1.807) is 4.90 Å². The zero-order valence-electron chi connectivity index (χ0n) is 26.7. The molecular formula is C34H45N9O3. The van der Waals surface area contributed by atoms with Crippen LogP contribution in [0.25, 0.3) is 11.0 Å². The number of nitrogens with zero attached hydrogens (tertiary/aromatic N) is 6. The summed E-state index contributed by atoms with van der Waals surface area (Å²) in [7, 11) is 0. The number of H-pyrrole nitrogens is 1. The van der Waals surface area contributed by atoms with Crippen molar-refractivity contribution in [2.45, 2.75) is 83.0 Å². The van der Waals surface area contributed by atoms with Gasteiger partial charge in [0.15, 0.2) is 0 Å². The highest BCUT2D eigenvalue weighted by atomic mass is 16.2. The fourth-order valence-electron chi connectivity index (χ4n) is 7.84. The summed E-state index contributed by atoms with van der Waals surface area (Å²) < 4.78 is 0. The summed E-state index contributed by atoms with van der Waals surface area (Å²) in [6, 6.07) is 11.4. The molecule has 12 heteroatoms. The second kappa shape index (κ2) is 13.3. The number of piperidine rings is 3. The first-order valence-corrected chi connectivity index (χ1v) is 17.0. The molecule has 3 fully saturated rings. The van der Waals surface area contributed by atoms with Crippen LogP contribution in [-0.2, 0) is 17.8 Å². The Morgan fingerprint density at radius 1 is 0.913 bits per heavy atom. The van der Waals surface area contributed by atoms with Crippen molar-refractivity contribution in [1.82, 2.24) is 40.3 Å². The summed E-state index contributed by atoms with van der Waals surface area (Å²) in [5, 5.41) is 17.3. The first-order chi connectivity index (χ1) is 22.4. The number of amides is 5. The third kappa shape index (κ3) is 6.40. The molecule has 2 aromatic carbocycles. The molecule has 12 nitrogen and oxygen atoms in total. The Labute approximate surface area is 269 Å². The van der Waals surface area contributed by atoms with Gasteiger partial charge in [-0.2, -0.15) is 15.4 Å². The molecule has 244 valence electrons. The van der Waals surface area contributed by atoms with Crippen LogP contribution in [0.15, 0.2) is 36.4 Å². The Bertz CT molecular complexity index is 1570. The van der Waals surface area contributed by atoms with Gasteiger partial charge in [-0.1, -0.05) is 30.7 Å². The molecule has 5 amide bonds. The zero-order valence-corrected chi connectivity index (χ0v) is 26.7. The molecule has 46 heavy (non-hydrogen) atoms. The van der Waals surface area contributed by atoms with Crippen molar-refractivity contribution in [1.29, 1.82) is 0 Å². The van der Waals surface area contributed by atoms with Gasteiger partial charge in [-0.3, -0.25) is 4.79 Å². The molecule has 0 unspecified atom stereocenters. The van der Waals surface area contributed by atoms with Gasteiger partial charge in [-0.05, 0) is 87.4 Å². The maximum atomic E-state index is 14.1. The van der Waals surface area contributed by atoms with Crippen molar-refractivity contribution in [3.05, 3.63) is 53.1 Å². The second-order valence-electron chi connectivity index (χ2n) is 13.4. The number of carbonyl (C=O) groups is 3. The molecule has 0 saturated carbocycles. The van der Waals surface area contributed by atoms with E-state index in [2.05, 4.69) is 30.9 Å².